The number of hydrogen-bond acceptors (Lipinski definition) is 4. The molecule has 2 aromatic carbocycles. The average Bonchev–Trinajstić information content (AvgIpc) is 3.34. The Bertz CT molecular complexity index is 1320. The summed E-state index contributed by atoms with van der Waals surface area (Å²) in [4.78, 5) is 18.3. The van der Waals surface area contributed by atoms with Crippen molar-refractivity contribution in [2.24, 2.45) is 4.99 Å². The van der Waals surface area contributed by atoms with Crippen molar-refractivity contribution < 1.29 is 13.2 Å². The van der Waals surface area contributed by atoms with E-state index in [0.29, 0.717) is 30.7 Å². The SMILES string of the molecule is C=CCn1c(=NC(=O)C2CCCN2S(=O)(=O)c2ccc(C)cc2)sc2cc(C)ccc21. The molecular weight excluding hydrogens is 430 g/mol. The summed E-state index contributed by atoms with van der Waals surface area (Å²) >= 11 is 1.43. The van der Waals surface area contributed by atoms with Crippen molar-refractivity contribution in [2.75, 3.05) is 6.54 Å². The molecule has 1 amide bonds. The van der Waals surface area contributed by atoms with Crippen molar-refractivity contribution in [3.05, 3.63) is 71.0 Å². The van der Waals surface area contributed by atoms with Crippen molar-refractivity contribution in [1.29, 1.82) is 0 Å². The number of hydrogen-bond donors (Lipinski definition) is 0. The van der Waals surface area contributed by atoms with Gasteiger partial charge in [0, 0.05) is 13.1 Å². The molecule has 0 saturated carbocycles. The fourth-order valence-corrected chi connectivity index (χ4v) is 6.65. The van der Waals surface area contributed by atoms with Crippen LogP contribution in [0.4, 0.5) is 0 Å². The van der Waals surface area contributed by atoms with E-state index in [0.717, 1.165) is 21.3 Å². The van der Waals surface area contributed by atoms with Crippen molar-refractivity contribution >= 4 is 37.5 Å². The lowest BCUT2D eigenvalue weighted by Gasteiger charge is -2.21. The molecule has 31 heavy (non-hydrogen) atoms. The van der Waals surface area contributed by atoms with E-state index in [9.17, 15) is 13.2 Å². The standard InChI is InChI=1S/C23H25N3O3S2/c1-4-13-25-19-12-9-17(3)15-21(19)30-23(25)24-22(27)20-6-5-14-26(20)31(28,29)18-10-7-16(2)8-11-18/h4,7-12,15,20H,1,5-6,13-14H2,2-3H3. The van der Waals surface area contributed by atoms with Gasteiger partial charge in [0.25, 0.3) is 5.91 Å². The molecule has 1 unspecified atom stereocenters. The van der Waals surface area contributed by atoms with Crippen LogP contribution >= 0.6 is 11.3 Å². The Kier molecular flexibility index (Phi) is 5.96. The first-order valence-electron chi connectivity index (χ1n) is 10.2. The van der Waals surface area contributed by atoms with Crippen LogP contribution in [0.5, 0.6) is 0 Å². The third kappa shape index (κ3) is 4.15. The Hall–Kier alpha value is -2.55. The zero-order chi connectivity index (χ0) is 22.2. The van der Waals surface area contributed by atoms with Crippen LogP contribution in [0.3, 0.4) is 0 Å². The van der Waals surface area contributed by atoms with Crippen LogP contribution in [0, 0.1) is 13.8 Å². The molecule has 0 bridgehead atoms. The number of nitrogens with zero attached hydrogens (tertiary/aromatic N) is 3. The molecule has 8 heteroatoms. The van der Waals surface area contributed by atoms with Gasteiger partial charge >= 0.3 is 0 Å². The quantitative estimate of drug-likeness (QED) is 0.550. The smallest absolute Gasteiger partial charge is 0.266 e. The number of aryl methyl sites for hydroxylation is 2. The number of benzene rings is 2. The lowest BCUT2D eigenvalue weighted by molar-refractivity contribution is -0.121. The molecule has 3 aromatic rings. The number of carbonyl (C=O) groups excluding carboxylic acids is 1. The maximum absolute atomic E-state index is 13.2. The van der Waals surface area contributed by atoms with Crippen molar-refractivity contribution in [1.82, 2.24) is 8.87 Å². The number of sulfonamides is 1. The molecule has 1 atom stereocenters. The fourth-order valence-electron chi connectivity index (χ4n) is 3.86. The minimum Gasteiger partial charge on any atom is -0.313 e. The van der Waals surface area contributed by atoms with E-state index in [1.807, 2.05) is 30.5 Å². The molecular formula is C23H25N3O3S2. The minimum atomic E-state index is -3.76. The molecule has 0 spiro atoms. The molecule has 0 aliphatic carbocycles. The number of carbonyl (C=O) groups is 1. The molecule has 1 aromatic heterocycles. The maximum atomic E-state index is 13.2. The van der Waals surface area contributed by atoms with E-state index in [1.165, 1.54) is 15.6 Å². The van der Waals surface area contributed by atoms with E-state index in [4.69, 9.17) is 0 Å². The topological polar surface area (TPSA) is 71.7 Å². The van der Waals surface area contributed by atoms with Gasteiger partial charge in [0.15, 0.2) is 4.80 Å². The van der Waals surface area contributed by atoms with Gasteiger partial charge in [0.2, 0.25) is 10.0 Å². The highest BCUT2D eigenvalue weighted by atomic mass is 32.2. The first-order chi connectivity index (χ1) is 14.8. The summed E-state index contributed by atoms with van der Waals surface area (Å²) < 4.78 is 30.6. The number of aromatic nitrogens is 1. The van der Waals surface area contributed by atoms with Crippen LogP contribution in [0.15, 0.2) is 65.0 Å². The van der Waals surface area contributed by atoms with E-state index in [2.05, 4.69) is 17.6 Å². The van der Waals surface area contributed by atoms with E-state index >= 15 is 0 Å². The molecule has 1 fully saturated rings. The number of allylic oxidation sites excluding steroid dienone is 1. The van der Waals surface area contributed by atoms with Crippen molar-refractivity contribution in [3.63, 3.8) is 0 Å². The summed E-state index contributed by atoms with van der Waals surface area (Å²) in [6.07, 6.45) is 2.87. The van der Waals surface area contributed by atoms with Crippen LogP contribution in [0.2, 0.25) is 0 Å². The van der Waals surface area contributed by atoms with Gasteiger partial charge in [0.05, 0.1) is 15.1 Å². The van der Waals surface area contributed by atoms with Gasteiger partial charge in [-0.3, -0.25) is 4.79 Å². The summed E-state index contributed by atoms with van der Waals surface area (Å²) in [5.74, 6) is -0.422. The monoisotopic (exact) mass is 455 g/mol. The number of rotatable bonds is 5. The second kappa shape index (κ2) is 8.53. The fraction of sp³-hybridized carbons (Fsp3) is 0.304. The molecule has 6 nitrogen and oxygen atoms in total. The van der Waals surface area contributed by atoms with Crippen LogP contribution in [-0.4, -0.2) is 35.8 Å². The number of fused-ring (bicyclic) bond motifs is 1. The summed E-state index contributed by atoms with van der Waals surface area (Å²) in [6, 6.07) is 12.0. The molecule has 0 radical (unpaired) electrons. The highest BCUT2D eigenvalue weighted by Gasteiger charge is 2.39. The Balaban J connectivity index is 1.72. The van der Waals surface area contributed by atoms with Crippen LogP contribution in [-0.2, 0) is 21.4 Å². The minimum absolute atomic E-state index is 0.205. The molecule has 1 saturated heterocycles. The number of amides is 1. The summed E-state index contributed by atoms with van der Waals surface area (Å²) in [5, 5.41) is 0. The lowest BCUT2D eigenvalue weighted by atomic mass is 10.2. The summed E-state index contributed by atoms with van der Waals surface area (Å²) in [7, 11) is -3.76. The van der Waals surface area contributed by atoms with E-state index < -0.39 is 22.0 Å². The Morgan fingerprint density at radius 2 is 1.90 bits per heavy atom. The lowest BCUT2D eigenvalue weighted by Crippen LogP contribution is -2.40. The predicted molar refractivity (Wildman–Crippen MR) is 123 cm³/mol. The van der Waals surface area contributed by atoms with Crippen molar-refractivity contribution in [2.45, 2.75) is 44.2 Å². The average molecular weight is 456 g/mol. The molecule has 0 N–H and O–H groups in total. The predicted octanol–water partition coefficient (Wildman–Crippen LogP) is 3.79. The zero-order valence-electron chi connectivity index (χ0n) is 17.6. The van der Waals surface area contributed by atoms with Gasteiger partial charge in [-0.2, -0.15) is 9.30 Å². The Labute approximate surface area is 186 Å². The Morgan fingerprint density at radius 1 is 1.19 bits per heavy atom. The third-order valence-corrected chi connectivity index (χ3v) is 8.44. The molecule has 2 heterocycles. The molecule has 1 aliphatic rings. The molecule has 162 valence electrons. The number of thiazole rings is 1. The molecule has 1 aliphatic heterocycles. The zero-order valence-corrected chi connectivity index (χ0v) is 19.2. The first kappa shape index (κ1) is 21.7. The van der Waals surface area contributed by atoms with Crippen molar-refractivity contribution in [3.8, 4) is 0 Å². The van der Waals surface area contributed by atoms with Gasteiger partial charge in [-0.05, 0) is 56.5 Å². The normalized spacial score (nSPS) is 18.0. The van der Waals surface area contributed by atoms with Crippen LogP contribution in [0.1, 0.15) is 24.0 Å². The second-order valence-electron chi connectivity index (χ2n) is 7.79. The van der Waals surface area contributed by atoms with Crippen LogP contribution < -0.4 is 4.80 Å². The highest BCUT2D eigenvalue weighted by molar-refractivity contribution is 7.89. The first-order valence-corrected chi connectivity index (χ1v) is 12.4. The summed E-state index contributed by atoms with van der Waals surface area (Å²) in [5.41, 5.74) is 3.09. The van der Waals surface area contributed by atoms with Gasteiger partial charge in [-0.25, -0.2) is 8.42 Å². The highest BCUT2D eigenvalue weighted by Crippen LogP contribution is 2.27. The summed E-state index contributed by atoms with van der Waals surface area (Å²) in [6.45, 7) is 8.57. The Morgan fingerprint density at radius 3 is 2.61 bits per heavy atom. The largest absolute Gasteiger partial charge is 0.313 e. The van der Waals surface area contributed by atoms with E-state index in [1.54, 1.807) is 30.3 Å². The molecule has 4 rings (SSSR count). The maximum Gasteiger partial charge on any atom is 0.266 e. The second-order valence-corrected chi connectivity index (χ2v) is 10.7. The van der Waals surface area contributed by atoms with Gasteiger partial charge < -0.3 is 4.57 Å². The van der Waals surface area contributed by atoms with Gasteiger partial charge in [-0.1, -0.05) is 41.2 Å². The van der Waals surface area contributed by atoms with Gasteiger partial charge in [-0.15, -0.1) is 6.58 Å². The third-order valence-electron chi connectivity index (χ3n) is 5.47. The van der Waals surface area contributed by atoms with E-state index in [-0.39, 0.29) is 4.90 Å². The van der Waals surface area contributed by atoms with Crippen LogP contribution in [0.25, 0.3) is 10.2 Å². The van der Waals surface area contributed by atoms with Gasteiger partial charge in [0.1, 0.15) is 6.04 Å².